The first-order valence-electron chi connectivity index (χ1n) is 24.1. The highest BCUT2D eigenvalue weighted by Gasteiger charge is 2.23. The van der Waals surface area contributed by atoms with E-state index >= 15 is 0 Å². The Bertz CT molecular complexity index is 3500. The smallest absolute Gasteiger partial charge is 0.149 e. The van der Waals surface area contributed by atoms with Crippen molar-refractivity contribution in [3.8, 4) is 89.7 Å². The van der Waals surface area contributed by atoms with Gasteiger partial charge >= 0.3 is 0 Å². The fourth-order valence-corrected chi connectivity index (χ4v) is 9.08. The van der Waals surface area contributed by atoms with Crippen LogP contribution in [0.5, 0.6) is 5.75 Å². The van der Waals surface area contributed by atoms with E-state index < -0.39 is 12.7 Å². The van der Waals surface area contributed by atoms with Crippen LogP contribution < -0.4 is 0 Å². The Hall–Kier alpha value is -7.82. The zero-order chi connectivity index (χ0) is 48.0. The minimum Gasteiger partial charge on any atom is -0.507 e. The van der Waals surface area contributed by atoms with Gasteiger partial charge in [-0.05, 0) is 146 Å². The highest BCUT2D eigenvalue weighted by atomic mass is 16.3. The largest absolute Gasteiger partial charge is 0.507 e. The third-order valence-corrected chi connectivity index (χ3v) is 12.3. The first-order valence-corrected chi connectivity index (χ1v) is 22.1. The molecule has 0 saturated carbocycles. The Balaban J connectivity index is 1.17. The number of para-hydroxylation sites is 2. The molecule has 0 amide bonds. The molecule has 0 aliphatic carbocycles. The molecule has 0 spiro atoms. The zero-order valence-electron chi connectivity index (χ0n) is 40.9. The fourth-order valence-electron chi connectivity index (χ4n) is 9.08. The van der Waals surface area contributed by atoms with Crippen LogP contribution in [0.25, 0.3) is 95.0 Å². The molecule has 316 valence electrons. The predicted octanol–water partition coefficient (Wildman–Crippen LogP) is 16.4. The molecule has 0 saturated heterocycles. The predicted molar refractivity (Wildman–Crippen MR) is 271 cm³/mol. The standard InChI is InChI=1S/C61H51N3O/c1-39(2)51-21-14-22-52(40(3)4)59(51)47-30-31-56(41(5)34-47)64-57-24-15-23-53(60(57)63-61(64)54-20-12-13-25-58(54)65)49-35-48(43-18-10-7-11-19-43)36-50(37-49)55-38-46(32-33-62-55)45-28-26-44(27-29-45)42-16-8-6-9-17-42/h6-40,65H,1-5H3/i5D3,39D. The molecule has 4 nitrogen and oxygen atoms in total. The molecule has 65 heavy (non-hydrogen) atoms. The SMILES string of the molecule is [2H]C([2H])([2H])c1cc(-c2c(C(C)C)cccc2C([2H])(C)C)ccc1-n1c(-c2ccccc2O)nc2c(-c3cc(-c4ccccc4)cc(-c4cc(-c5ccc(-c6ccccc6)cc5)ccn4)c3)cccc21. The second-order valence-electron chi connectivity index (χ2n) is 17.2. The van der Waals surface area contributed by atoms with E-state index in [4.69, 9.17) is 15.5 Å². The summed E-state index contributed by atoms with van der Waals surface area (Å²) >= 11 is 0. The maximum absolute atomic E-state index is 11.5. The molecule has 0 atom stereocenters. The van der Waals surface area contributed by atoms with Crippen LogP contribution >= 0.6 is 0 Å². The van der Waals surface area contributed by atoms with Crippen molar-refractivity contribution in [3.63, 3.8) is 0 Å². The van der Waals surface area contributed by atoms with Gasteiger partial charge in [-0.3, -0.25) is 9.55 Å². The lowest BCUT2D eigenvalue weighted by Gasteiger charge is -2.21. The average Bonchev–Trinajstić information content (AvgIpc) is 3.75. The summed E-state index contributed by atoms with van der Waals surface area (Å²) in [6.45, 7) is 5.40. The van der Waals surface area contributed by atoms with Gasteiger partial charge in [-0.25, -0.2) is 4.98 Å². The van der Waals surface area contributed by atoms with Gasteiger partial charge in [0.1, 0.15) is 11.6 Å². The molecular formula is C61H51N3O. The molecule has 2 aromatic heterocycles. The molecule has 2 heterocycles. The van der Waals surface area contributed by atoms with Crippen molar-refractivity contribution in [1.29, 1.82) is 0 Å². The molecule has 8 aromatic carbocycles. The number of aryl methyl sites for hydroxylation is 1. The van der Waals surface area contributed by atoms with Crippen LogP contribution in [0.15, 0.2) is 200 Å². The third kappa shape index (κ3) is 7.93. The van der Waals surface area contributed by atoms with Gasteiger partial charge < -0.3 is 5.11 Å². The van der Waals surface area contributed by atoms with Crippen LogP contribution in [-0.2, 0) is 0 Å². The van der Waals surface area contributed by atoms with Crippen LogP contribution in [-0.4, -0.2) is 19.6 Å². The molecular weight excluding hydrogens is 791 g/mol. The first-order chi connectivity index (χ1) is 33.2. The maximum atomic E-state index is 11.5. The third-order valence-electron chi connectivity index (χ3n) is 12.3. The number of pyridine rings is 1. The van der Waals surface area contributed by atoms with E-state index in [1.54, 1.807) is 24.3 Å². The summed E-state index contributed by atoms with van der Waals surface area (Å²) in [5.41, 5.74) is 15.7. The Kier molecular flexibility index (Phi) is 9.80. The summed E-state index contributed by atoms with van der Waals surface area (Å²) in [7, 11) is 0. The summed E-state index contributed by atoms with van der Waals surface area (Å²) in [5.74, 6) is -0.402. The average molecular weight is 846 g/mol. The quantitative estimate of drug-likeness (QED) is 0.149. The molecule has 10 aromatic rings. The van der Waals surface area contributed by atoms with Gasteiger partial charge in [0.05, 0.1) is 28.0 Å². The van der Waals surface area contributed by atoms with Gasteiger partial charge in [0.15, 0.2) is 0 Å². The van der Waals surface area contributed by atoms with E-state index in [1.165, 1.54) is 5.56 Å². The minimum absolute atomic E-state index is 0.0184. The lowest BCUT2D eigenvalue weighted by molar-refractivity contribution is 0.477. The van der Waals surface area contributed by atoms with E-state index in [-0.39, 0.29) is 17.2 Å². The Labute approximate surface area is 387 Å². The molecule has 0 unspecified atom stereocenters. The van der Waals surface area contributed by atoms with Gasteiger partial charge in [-0.1, -0.05) is 161 Å². The number of phenolic OH excluding ortho intramolecular Hbond substituents is 1. The summed E-state index contributed by atoms with van der Waals surface area (Å²) in [6.07, 6.45) is 1.86. The van der Waals surface area contributed by atoms with Crippen molar-refractivity contribution in [1.82, 2.24) is 14.5 Å². The fraction of sp³-hybridized carbons (Fsp3) is 0.115. The summed E-state index contributed by atoms with van der Waals surface area (Å²) in [4.78, 5) is 10.3. The van der Waals surface area contributed by atoms with Gasteiger partial charge in [0.25, 0.3) is 0 Å². The van der Waals surface area contributed by atoms with E-state index in [0.717, 1.165) is 72.5 Å². The first kappa shape index (κ1) is 36.6. The Morgan fingerprint density at radius 3 is 1.82 bits per heavy atom. The van der Waals surface area contributed by atoms with E-state index in [0.29, 0.717) is 28.1 Å². The van der Waals surface area contributed by atoms with E-state index in [2.05, 4.69) is 105 Å². The number of imidazole rings is 1. The number of benzene rings is 8. The lowest BCUT2D eigenvalue weighted by atomic mass is 9.84. The van der Waals surface area contributed by atoms with Gasteiger partial charge in [-0.15, -0.1) is 0 Å². The second kappa shape index (κ2) is 17.4. The zero-order valence-corrected chi connectivity index (χ0v) is 36.9. The Morgan fingerprint density at radius 2 is 1.11 bits per heavy atom. The van der Waals surface area contributed by atoms with Crippen molar-refractivity contribution in [2.45, 2.75) is 46.4 Å². The van der Waals surface area contributed by atoms with Gasteiger partial charge in [0.2, 0.25) is 0 Å². The number of hydrogen-bond acceptors (Lipinski definition) is 3. The number of rotatable bonds is 10. The molecule has 0 aliphatic rings. The van der Waals surface area contributed by atoms with Crippen molar-refractivity contribution in [3.05, 3.63) is 217 Å². The monoisotopic (exact) mass is 845 g/mol. The number of aromatic hydroxyl groups is 1. The second-order valence-corrected chi connectivity index (χ2v) is 17.2. The van der Waals surface area contributed by atoms with Gasteiger partial charge in [0, 0.05) is 22.8 Å². The van der Waals surface area contributed by atoms with Crippen molar-refractivity contribution >= 4 is 11.0 Å². The normalized spacial score (nSPS) is 12.8. The molecule has 4 heteroatoms. The summed E-state index contributed by atoms with van der Waals surface area (Å²) in [6, 6.07) is 64.5. The molecule has 1 N–H and O–H groups in total. The topological polar surface area (TPSA) is 50.9 Å². The number of nitrogens with zero attached hydrogens (tertiary/aromatic N) is 3. The van der Waals surface area contributed by atoms with Crippen molar-refractivity contribution < 1.29 is 10.6 Å². The number of fused-ring (bicyclic) bond motifs is 1. The molecule has 0 aliphatic heterocycles. The molecule has 0 bridgehead atoms. The van der Waals surface area contributed by atoms with E-state index in [9.17, 15) is 5.11 Å². The van der Waals surface area contributed by atoms with Crippen LogP contribution in [0.4, 0.5) is 0 Å². The summed E-state index contributed by atoms with van der Waals surface area (Å²) in [5, 5.41) is 11.5. The van der Waals surface area contributed by atoms with Gasteiger partial charge in [-0.2, -0.15) is 0 Å². The maximum Gasteiger partial charge on any atom is 0.149 e. The molecule has 0 radical (unpaired) electrons. The lowest BCUT2D eigenvalue weighted by Crippen LogP contribution is -2.03. The molecule has 0 fully saturated rings. The minimum atomic E-state index is -2.55. The Morgan fingerprint density at radius 1 is 0.508 bits per heavy atom. The number of phenols is 1. The van der Waals surface area contributed by atoms with E-state index in [1.807, 2.05) is 103 Å². The number of hydrogen-bond donors (Lipinski definition) is 1. The van der Waals surface area contributed by atoms with Crippen LogP contribution in [0.1, 0.15) is 61.7 Å². The molecule has 10 rings (SSSR count). The summed E-state index contributed by atoms with van der Waals surface area (Å²) < 4.78 is 38.1. The van der Waals surface area contributed by atoms with Crippen molar-refractivity contribution in [2.24, 2.45) is 0 Å². The van der Waals surface area contributed by atoms with Crippen molar-refractivity contribution in [2.75, 3.05) is 0 Å². The van der Waals surface area contributed by atoms with Crippen LogP contribution in [0, 0.1) is 6.85 Å². The highest BCUT2D eigenvalue weighted by Crippen LogP contribution is 2.42. The van der Waals surface area contributed by atoms with Crippen LogP contribution in [0.2, 0.25) is 0 Å². The number of aromatic nitrogens is 3. The van der Waals surface area contributed by atoms with Crippen LogP contribution in [0.3, 0.4) is 0 Å². The highest BCUT2D eigenvalue weighted by molar-refractivity contribution is 5.98.